The molecule has 0 aliphatic carbocycles. The van der Waals surface area contributed by atoms with Crippen LogP contribution >= 0.6 is 0 Å². The molecule has 1 heterocycles. The van der Waals surface area contributed by atoms with E-state index >= 15 is 0 Å². The lowest BCUT2D eigenvalue weighted by Crippen LogP contribution is -2.41. The Hall–Kier alpha value is -1.94. The van der Waals surface area contributed by atoms with E-state index in [1.807, 2.05) is 12.1 Å². The van der Waals surface area contributed by atoms with Crippen LogP contribution in [-0.4, -0.2) is 36.6 Å². The Kier molecular flexibility index (Phi) is 4.47. The average molecular weight is 260 g/mol. The summed E-state index contributed by atoms with van der Waals surface area (Å²) in [5.41, 5.74) is 3.71. The molecule has 0 aromatic heterocycles. The minimum absolute atomic E-state index is 0.303. The molecule has 19 heavy (non-hydrogen) atoms. The lowest BCUT2D eigenvalue weighted by atomic mass is 10.1. The summed E-state index contributed by atoms with van der Waals surface area (Å²) >= 11 is 0. The van der Waals surface area contributed by atoms with Gasteiger partial charge >= 0.3 is 0 Å². The van der Waals surface area contributed by atoms with E-state index in [0.29, 0.717) is 18.7 Å². The number of hydrazine groups is 1. The van der Waals surface area contributed by atoms with Gasteiger partial charge in [-0.25, -0.2) is 5.84 Å². The first-order chi connectivity index (χ1) is 9.22. The summed E-state index contributed by atoms with van der Waals surface area (Å²) in [6.45, 7) is 2.74. The number of ether oxygens (including phenoxy) is 1. The summed E-state index contributed by atoms with van der Waals surface area (Å²) < 4.78 is 5.29. The van der Waals surface area contributed by atoms with E-state index in [0.717, 1.165) is 18.7 Å². The number of carbonyl (C=O) groups is 1. The van der Waals surface area contributed by atoms with E-state index in [4.69, 9.17) is 15.8 Å². The highest BCUT2D eigenvalue weighted by molar-refractivity contribution is 5.93. The van der Waals surface area contributed by atoms with Gasteiger partial charge in [0.05, 0.1) is 12.7 Å². The monoisotopic (exact) mass is 260 g/mol. The van der Waals surface area contributed by atoms with E-state index in [-0.39, 0.29) is 12.0 Å². The second-order valence-corrected chi connectivity index (χ2v) is 4.39. The van der Waals surface area contributed by atoms with Crippen molar-refractivity contribution >= 4 is 5.91 Å². The maximum absolute atomic E-state index is 11.3. The molecule has 1 atom stereocenters. The summed E-state index contributed by atoms with van der Waals surface area (Å²) in [6, 6.07) is 9.37. The van der Waals surface area contributed by atoms with Gasteiger partial charge in [-0.3, -0.25) is 15.1 Å². The van der Waals surface area contributed by atoms with Crippen molar-refractivity contribution in [3.05, 3.63) is 35.4 Å². The number of benzene rings is 1. The van der Waals surface area contributed by atoms with Gasteiger partial charge in [-0.15, -0.1) is 0 Å². The second kappa shape index (κ2) is 6.29. The first-order valence-corrected chi connectivity index (χ1v) is 6.06. The lowest BCUT2D eigenvalue weighted by Gasteiger charge is -2.29. The van der Waals surface area contributed by atoms with Crippen LogP contribution in [0, 0.1) is 11.3 Å². The quantitative estimate of drug-likeness (QED) is 0.454. The third kappa shape index (κ3) is 3.51. The Labute approximate surface area is 111 Å². The highest BCUT2D eigenvalue weighted by Crippen LogP contribution is 2.11. The first-order valence-electron chi connectivity index (χ1n) is 6.06. The predicted octanol–water partition coefficient (Wildman–Crippen LogP) is 0.0145. The number of morpholine rings is 1. The molecule has 2 rings (SSSR count). The zero-order valence-corrected chi connectivity index (χ0v) is 10.5. The van der Waals surface area contributed by atoms with Crippen LogP contribution in [0.4, 0.5) is 0 Å². The van der Waals surface area contributed by atoms with Crippen molar-refractivity contribution in [2.45, 2.75) is 12.6 Å². The lowest BCUT2D eigenvalue weighted by molar-refractivity contribution is -0.00269. The van der Waals surface area contributed by atoms with Crippen molar-refractivity contribution in [2.24, 2.45) is 5.84 Å². The molecule has 1 aromatic rings. The Morgan fingerprint density at radius 2 is 2.26 bits per heavy atom. The molecule has 0 spiro atoms. The van der Waals surface area contributed by atoms with Gasteiger partial charge in [0.2, 0.25) is 0 Å². The fourth-order valence-corrected chi connectivity index (χ4v) is 2.03. The number of nitrogens with one attached hydrogen (secondary N) is 1. The fourth-order valence-electron chi connectivity index (χ4n) is 2.03. The van der Waals surface area contributed by atoms with Crippen molar-refractivity contribution < 1.29 is 9.53 Å². The van der Waals surface area contributed by atoms with Gasteiger partial charge in [-0.1, -0.05) is 12.1 Å². The van der Waals surface area contributed by atoms with Crippen molar-refractivity contribution in [3.8, 4) is 6.07 Å². The third-order valence-electron chi connectivity index (χ3n) is 3.05. The summed E-state index contributed by atoms with van der Waals surface area (Å²) in [6.07, 6.45) is -0.351. The van der Waals surface area contributed by atoms with Crippen LogP contribution < -0.4 is 11.3 Å². The normalized spacial score (nSPS) is 19.7. The molecule has 100 valence electrons. The second-order valence-electron chi connectivity index (χ2n) is 4.39. The Bertz CT molecular complexity index is 480. The van der Waals surface area contributed by atoms with E-state index in [1.54, 1.807) is 12.1 Å². The van der Waals surface area contributed by atoms with Gasteiger partial charge in [0.1, 0.15) is 0 Å². The van der Waals surface area contributed by atoms with Crippen LogP contribution in [-0.2, 0) is 11.3 Å². The van der Waals surface area contributed by atoms with Gasteiger partial charge < -0.3 is 4.74 Å². The maximum atomic E-state index is 11.3. The summed E-state index contributed by atoms with van der Waals surface area (Å²) in [5.74, 6) is 4.77. The topological polar surface area (TPSA) is 91.4 Å². The van der Waals surface area contributed by atoms with E-state index in [2.05, 4.69) is 16.4 Å². The first kappa shape index (κ1) is 13.5. The minimum atomic E-state index is -0.351. The highest BCUT2D eigenvalue weighted by atomic mass is 16.5. The molecule has 0 saturated carbocycles. The molecular weight excluding hydrogens is 244 g/mol. The van der Waals surface area contributed by atoms with Crippen molar-refractivity contribution in [1.29, 1.82) is 5.26 Å². The summed E-state index contributed by atoms with van der Waals surface area (Å²) in [7, 11) is 0. The minimum Gasteiger partial charge on any atom is -0.361 e. The number of nitrogens with zero attached hydrogens (tertiary/aromatic N) is 2. The summed E-state index contributed by atoms with van der Waals surface area (Å²) in [5, 5.41) is 8.84. The van der Waals surface area contributed by atoms with Crippen LogP contribution in [0.25, 0.3) is 0 Å². The van der Waals surface area contributed by atoms with Crippen LogP contribution in [0.2, 0.25) is 0 Å². The number of nitriles is 1. The summed E-state index contributed by atoms with van der Waals surface area (Å²) in [4.78, 5) is 13.5. The van der Waals surface area contributed by atoms with Crippen molar-refractivity contribution in [1.82, 2.24) is 10.3 Å². The Morgan fingerprint density at radius 1 is 1.53 bits per heavy atom. The van der Waals surface area contributed by atoms with Crippen LogP contribution in [0.5, 0.6) is 0 Å². The molecule has 0 radical (unpaired) electrons. The largest absolute Gasteiger partial charge is 0.361 e. The van der Waals surface area contributed by atoms with Gasteiger partial charge in [0, 0.05) is 25.2 Å². The SMILES string of the molecule is N#CC1CN(Cc2ccc(C(=O)NN)cc2)CCO1. The third-order valence-corrected chi connectivity index (χ3v) is 3.05. The van der Waals surface area contributed by atoms with E-state index in [9.17, 15) is 4.79 Å². The number of rotatable bonds is 3. The van der Waals surface area contributed by atoms with Crippen LogP contribution in [0.3, 0.4) is 0 Å². The molecule has 1 aliphatic heterocycles. The van der Waals surface area contributed by atoms with Crippen molar-refractivity contribution in [3.63, 3.8) is 0 Å². The zero-order chi connectivity index (χ0) is 13.7. The number of hydrogen-bond donors (Lipinski definition) is 2. The van der Waals surface area contributed by atoms with Gasteiger partial charge in [-0.05, 0) is 17.7 Å². The van der Waals surface area contributed by atoms with E-state index < -0.39 is 0 Å². The molecule has 1 aliphatic rings. The number of carbonyl (C=O) groups excluding carboxylic acids is 1. The smallest absolute Gasteiger partial charge is 0.265 e. The highest BCUT2D eigenvalue weighted by Gasteiger charge is 2.19. The molecular formula is C13H16N4O2. The number of hydrogen-bond acceptors (Lipinski definition) is 5. The molecule has 3 N–H and O–H groups in total. The van der Waals surface area contributed by atoms with Crippen LogP contribution in [0.1, 0.15) is 15.9 Å². The molecule has 0 bridgehead atoms. The molecule has 1 amide bonds. The maximum Gasteiger partial charge on any atom is 0.265 e. The molecule has 1 fully saturated rings. The Morgan fingerprint density at radius 3 is 2.89 bits per heavy atom. The van der Waals surface area contributed by atoms with E-state index in [1.165, 1.54) is 0 Å². The Balaban J connectivity index is 1.96. The van der Waals surface area contributed by atoms with Gasteiger partial charge in [-0.2, -0.15) is 5.26 Å². The standard InChI is InChI=1S/C13H16N4O2/c14-7-12-9-17(5-6-19-12)8-10-1-3-11(4-2-10)13(18)16-15/h1-4,12H,5-6,8-9,15H2,(H,16,18). The van der Waals surface area contributed by atoms with Gasteiger partial charge in [0.25, 0.3) is 5.91 Å². The van der Waals surface area contributed by atoms with Crippen LogP contribution in [0.15, 0.2) is 24.3 Å². The predicted molar refractivity (Wildman–Crippen MR) is 68.7 cm³/mol. The number of nitrogens with two attached hydrogens (primary N) is 1. The molecule has 6 nitrogen and oxygen atoms in total. The van der Waals surface area contributed by atoms with Gasteiger partial charge in [0.15, 0.2) is 6.10 Å². The zero-order valence-electron chi connectivity index (χ0n) is 10.5. The molecule has 6 heteroatoms. The average Bonchev–Trinajstić information content (AvgIpc) is 2.47. The molecule has 1 saturated heterocycles. The number of amides is 1. The van der Waals surface area contributed by atoms with Crippen molar-refractivity contribution in [2.75, 3.05) is 19.7 Å². The molecule has 1 unspecified atom stereocenters. The fraction of sp³-hybridized carbons (Fsp3) is 0.385. The molecule has 1 aromatic carbocycles. The number of nitrogen functional groups attached to an aromatic ring is 1.